The van der Waals surface area contributed by atoms with Gasteiger partial charge in [0.1, 0.15) is 5.75 Å². The van der Waals surface area contributed by atoms with Crippen molar-refractivity contribution in [3.63, 3.8) is 0 Å². The molecule has 2 rings (SSSR count). The second-order valence-electron chi connectivity index (χ2n) is 5.17. The molecule has 0 aliphatic heterocycles. The van der Waals surface area contributed by atoms with Crippen LogP contribution in [0.1, 0.15) is 26.3 Å². The van der Waals surface area contributed by atoms with Gasteiger partial charge in [0.05, 0.1) is 7.11 Å². The van der Waals surface area contributed by atoms with E-state index in [2.05, 4.69) is 5.32 Å². The average Bonchev–Trinajstić information content (AvgIpc) is 2.61. The number of amides is 2. The van der Waals surface area contributed by atoms with Gasteiger partial charge in [-0.15, -0.1) is 0 Å². The van der Waals surface area contributed by atoms with Crippen molar-refractivity contribution >= 4 is 11.8 Å². The molecule has 2 aromatic carbocycles. The molecule has 0 aromatic heterocycles. The van der Waals surface area contributed by atoms with Crippen LogP contribution in [0.5, 0.6) is 5.75 Å². The predicted octanol–water partition coefficient (Wildman–Crippen LogP) is 2.33. The summed E-state index contributed by atoms with van der Waals surface area (Å²) < 4.78 is 5.14. The van der Waals surface area contributed by atoms with Crippen LogP contribution in [0.25, 0.3) is 0 Å². The summed E-state index contributed by atoms with van der Waals surface area (Å²) in [5, 5.41) is 2.58. The van der Waals surface area contributed by atoms with E-state index in [1.54, 1.807) is 62.5 Å². The maximum atomic E-state index is 12.4. The molecular weight excluding hydrogens is 292 g/mol. The summed E-state index contributed by atoms with van der Waals surface area (Å²) in [6.07, 6.45) is 0. The smallest absolute Gasteiger partial charge is 0.254 e. The van der Waals surface area contributed by atoms with Crippen LogP contribution >= 0.6 is 0 Å². The third-order valence-electron chi connectivity index (χ3n) is 3.53. The van der Waals surface area contributed by atoms with Gasteiger partial charge in [-0.25, -0.2) is 0 Å². The number of hydrogen-bond acceptors (Lipinski definition) is 3. The summed E-state index contributed by atoms with van der Waals surface area (Å²) in [7, 11) is 4.91. The number of benzene rings is 2. The number of nitrogens with one attached hydrogen (secondary N) is 1. The lowest BCUT2D eigenvalue weighted by Gasteiger charge is -2.18. The summed E-state index contributed by atoms with van der Waals surface area (Å²) in [6.45, 7) is 0.462. The second kappa shape index (κ2) is 7.45. The van der Waals surface area contributed by atoms with E-state index in [4.69, 9.17) is 4.74 Å². The fourth-order valence-corrected chi connectivity index (χ4v) is 2.23. The van der Waals surface area contributed by atoms with Gasteiger partial charge in [-0.2, -0.15) is 0 Å². The lowest BCUT2D eigenvalue weighted by atomic mass is 10.1. The highest BCUT2D eigenvalue weighted by Gasteiger charge is 2.13. The Morgan fingerprint density at radius 2 is 1.78 bits per heavy atom. The van der Waals surface area contributed by atoms with Gasteiger partial charge in [0, 0.05) is 31.8 Å². The number of nitrogens with zero attached hydrogens (tertiary/aromatic N) is 1. The average molecular weight is 312 g/mol. The highest BCUT2D eigenvalue weighted by atomic mass is 16.5. The molecule has 5 heteroatoms. The molecule has 0 heterocycles. The van der Waals surface area contributed by atoms with Crippen molar-refractivity contribution in [1.29, 1.82) is 0 Å². The van der Waals surface area contributed by atoms with Crippen molar-refractivity contribution in [3.05, 3.63) is 65.2 Å². The molecule has 0 unspecified atom stereocenters. The van der Waals surface area contributed by atoms with Crippen molar-refractivity contribution in [2.24, 2.45) is 0 Å². The minimum absolute atomic E-state index is 0.0840. The Labute approximate surface area is 135 Å². The number of carbonyl (C=O) groups is 2. The van der Waals surface area contributed by atoms with E-state index in [0.29, 0.717) is 23.4 Å². The first-order valence-corrected chi connectivity index (χ1v) is 7.25. The Morgan fingerprint density at radius 1 is 1.09 bits per heavy atom. The Kier molecular flexibility index (Phi) is 5.36. The number of rotatable bonds is 5. The van der Waals surface area contributed by atoms with Crippen molar-refractivity contribution < 1.29 is 14.3 Å². The van der Waals surface area contributed by atoms with Gasteiger partial charge in [0.15, 0.2) is 0 Å². The zero-order valence-corrected chi connectivity index (χ0v) is 13.5. The minimum Gasteiger partial charge on any atom is -0.497 e. The lowest BCUT2D eigenvalue weighted by Crippen LogP contribution is -2.26. The zero-order chi connectivity index (χ0) is 16.8. The van der Waals surface area contributed by atoms with Crippen molar-refractivity contribution in [2.75, 3.05) is 21.2 Å². The molecule has 2 amide bonds. The summed E-state index contributed by atoms with van der Waals surface area (Å²) in [4.78, 5) is 25.6. The quantitative estimate of drug-likeness (QED) is 0.922. The van der Waals surface area contributed by atoms with Gasteiger partial charge in [0.25, 0.3) is 11.8 Å². The van der Waals surface area contributed by atoms with E-state index in [1.165, 1.54) is 0 Å². The Balaban J connectivity index is 2.07. The lowest BCUT2D eigenvalue weighted by molar-refractivity contribution is 0.0784. The van der Waals surface area contributed by atoms with Crippen LogP contribution in [-0.4, -0.2) is 37.9 Å². The maximum absolute atomic E-state index is 12.4. The van der Waals surface area contributed by atoms with Gasteiger partial charge in [-0.3, -0.25) is 9.59 Å². The standard InChI is InChI=1S/C18H20N2O3/c1-19-17(21)14-9-7-13(8-10-14)12-20(2)18(22)15-5-4-6-16(11-15)23-3/h4-11H,12H2,1-3H3,(H,19,21). The SMILES string of the molecule is CNC(=O)c1ccc(CN(C)C(=O)c2cccc(OC)c2)cc1. The molecular formula is C18H20N2O3. The van der Waals surface area contributed by atoms with E-state index >= 15 is 0 Å². The number of hydrogen-bond donors (Lipinski definition) is 1. The fourth-order valence-electron chi connectivity index (χ4n) is 2.23. The van der Waals surface area contributed by atoms with Crippen molar-refractivity contribution in [3.8, 4) is 5.75 Å². The number of methoxy groups -OCH3 is 1. The Bertz CT molecular complexity index is 696. The van der Waals surface area contributed by atoms with Gasteiger partial charge in [0.2, 0.25) is 0 Å². The molecule has 0 bridgehead atoms. The third-order valence-corrected chi connectivity index (χ3v) is 3.53. The molecule has 0 fully saturated rings. The Hall–Kier alpha value is -2.82. The molecule has 23 heavy (non-hydrogen) atoms. The van der Waals surface area contributed by atoms with Crippen LogP contribution in [0.15, 0.2) is 48.5 Å². The molecule has 0 saturated carbocycles. The summed E-state index contributed by atoms with van der Waals surface area (Å²) in [5.41, 5.74) is 2.13. The number of carbonyl (C=O) groups excluding carboxylic acids is 2. The van der Waals surface area contributed by atoms with E-state index in [-0.39, 0.29) is 11.8 Å². The summed E-state index contributed by atoms with van der Waals surface area (Å²) in [5.74, 6) is 0.441. The molecule has 0 radical (unpaired) electrons. The molecule has 1 N–H and O–H groups in total. The zero-order valence-electron chi connectivity index (χ0n) is 13.5. The van der Waals surface area contributed by atoms with Crippen LogP contribution in [0.3, 0.4) is 0 Å². The summed E-state index contributed by atoms with van der Waals surface area (Å²) >= 11 is 0. The topological polar surface area (TPSA) is 58.6 Å². The molecule has 0 atom stereocenters. The molecule has 0 aliphatic rings. The molecule has 5 nitrogen and oxygen atoms in total. The van der Waals surface area contributed by atoms with Crippen LogP contribution in [0.4, 0.5) is 0 Å². The molecule has 0 spiro atoms. The number of ether oxygens (including phenoxy) is 1. The fraction of sp³-hybridized carbons (Fsp3) is 0.222. The molecule has 2 aromatic rings. The second-order valence-corrected chi connectivity index (χ2v) is 5.17. The van der Waals surface area contributed by atoms with Crippen LogP contribution in [0.2, 0.25) is 0 Å². The van der Waals surface area contributed by atoms with Gasteiger partial charge < -0.3 is 15.0 Å². The predicted molar refractivity (Wildman–Crippen MR) is 88.6 cm³/mol. The molecule has 0 aliphatic carbocycles. The first-order valence-electron chi connectivity index (χ1n) is 7.25. The molecule has 0 saturated heterocycles. The summed E-state index contributed by atoms with van der Waals surface area (Å²) in [6, 6.07) is 14.3. The van der Waals surface area contributed by atoms with Crippen molar-refractivity contribution in [2.45, 2.75) is 6.54 Å². The van der Waals surface area contributed by atoms with E-state index in [9.17, 15) is 9.59 Å². The van der Waals surface area contributed by atoms with E-state index in [1.807, 2.05) is 12.1 Å². The van der Waals surface area contributed by atoms with Gasteiger partial charge in [-0.05, 0) is 35.9 Å². The van der Waals surface area contributed by atoms with Crippen LogP contribution in [-0.2, 0) is 6.54 Å². The minimum atomic E-state index is -0.127. The van der Waals surface area contributed by atoms with E-state index < -0.39 is 0 Å². The van der Waals surface area contributed by atoms with Crippen LogP contribution in [0, 0.1) is 0 Å². The third kappa shape index (κ3) is 4.10. The van der Waals surface area contributed by atoms with Crippen molar-refractivity contribution in [1.82, 2.24) is 10.2 Å². The highest BCUT2D eigenvalue weighted by molar-refractivity contribution is 5.95. The van der Waals surface area contributed by atoms with Gasteiger partial charge in [-0.1, -0.05) is 18.2 Å². The maximum Gasteiger partial charge on any atom is 0.254 e. The normalized spacial score (nSPS) is 10.0. The monoisotopic (exact) mass is 312 g/mol. The Morgan fingerprint density at radius 3 is 2.39 bits per heavy atom. The first kappa shape index (κ1) is 16.5. The highest BCUT2D eigenvalue weighted by Crippen LogP contribution is 2.15. The molecule has 120 valence electrons. The van der Waals surface area contributed by atoms with Gasteiger partial charge >= 0.3 is 0 Å². The largest absolute Gasteiger partial charge is 0.497 e. The van der Waals surface area contributed by atoms with Crippen LogP contribution < -0.4 is 10.1 Å². The first-order chi connectivity index (χ1) is 11.0. The van der Waals surface area contributed by atoms with E-state index in [0.717, 1.165) is 5.56 Å².